The van der Waals surface area contributed by atoms with E-state index in [1.807, 2.05) is 6.92 Å². The SMILES string of the molecule is CCCOC(=O)c1ccc(NC(=S)NC(=O)C=Cc2ccc(OC)c(OC)c2)cc1. The minimum Gasteiger partial charge on any atom is -0.493 e. The van der Waals surface area contributed by atoms with Gasteiger partial charge in [0.05, 0.1) is 26.4 Å². The van der Waals surface area contributed by atoms with E-state index in [0.29, 0.717) is 29.4 Å². The molecule has 0 radical (unpaired) electrons. The standard InChI is InChI=1S/C22H24N2O5S/c1-4-13-29-21(26)16-7-9-17(10-8-16)23-22(30)24-20(25)12-6-15-5-11-18(27-2)19(14-15)28-3/h5-12,14H,4,13H2,1-3H3,(H2,23,24,25,30). The van der Waals surface area contributed by atoms with E-state index in [1.54, 1.807) is 62.8 Å². The van der Waals surface area contributed by atoms with E-state index >= 15 is 0 Å². The number of methoxy groups -OCH3 is 2. The molecule has 2 aromatic rings. The fraction of sp³-hybridized carbons (Fsp3) is 0.227. The topological polar surface area (TPSA) is 85.9 Å². The van der Waals surface area contributed by atoms with E-state index in [4.69, 9.17) is 26.4 Å². The Morgan fingerprint density at radius 1 is 1.03 bits per heavy atom. The summed E-state index contributed by atoms with van der Waals surface area (Å²) in [5.41, 5.74) is 1.85. The zero-order chi connectivity index (χ0) is 21.9. The van der Waals surface area contributed by atoms with Gasteiger partial charge in [-0.05, 0) is 66.7 Å². The van der Waals surface area contributed by atoms with E-state index in [-0.39, 0.29) is 17.0 Å². The predicted octanol–water partition coefficient (Wildman–Crippen LogP) is 3.80. The average molecular weight is 429 g/mol. The molecule has 2 N–H and O–H groups in total. The highest BCUT2D eigenvalue weighted by atomic mass is 32.1. The number of nitrogens with one attached hydrogen (secondary N) is 2. The number of benzene rings is 2. The van der Waals surface area contributed by atoms with Crippen LogP contribution in [-0.2, 0) is 9.53 Å². The van der Waals surface area contributed by atoms with Crippen LogP contribution in [0, 0.1) is 0 Å². The largest absolute Gasteiger partial charge is 0.493 e. The van der Waals surface area contributed by atoms with Gasteiger partial charge in [-0.1, -0.05) is 13.0 Å². The van der Waals surface area contributed by atoms with Crippen molar-refractivity contribution >= 4 is 41.0 Å². The van der Waals surface area contributed by atoms with Gasteiger partial charge in [0.2, 0.25) is 5.91 Å². The minimum absolute atomic E-state index is 0.137. The number of thiocarbonyl (C=S) groups is 1. The zero-order valence-corrected chi connectivity index (χ0v) is 17.9. The number of rotatable bonds is 8. The van der Waals surface area contributed by atoms with Gasteiger partial charge < -0.3 is 19.5 Å². The Morgan fingerprint density at radius 3 is 2.37 bits per heavy atom. The maximum absolute atomic E-state index is 12.1. The molecule has 2 rings (SSSR count). The van der Waals surface area contributed by atoms with Gasteiger partial charge in [0.25, 0.3) is 0 Å². The van der Waals surface area contributed by atoms with Gasteiger partial charge in [-0.3, -0.25) is 10.1 Å². The van der Waals surface area contributed by atoms with Crippen molar-refractivity contribution in [2.75, 3.05) is 26.1 Å². The van der Waals surface area contributed by atoms with Gasteiger partial charge in [0.15, 0.2) is 16.6 Å². The molecular weight excluding hydrogens is 404 g/mol. The second-order valence-electron chi connectivity index (χ2n) is 6.10. The van der Waals surface area contributed by atoms with Crippen molar-refractivity contribution in [3.05, 3.63) is 59.7 Å². The van der Waals surface area contributed by atoms with Crippen molar-refractivity contribution in [3.8, 4) is 11.5 Å². The number of anilines is 1. The summed E-state index contributed by atoms with van der Waals surface area (Å²) in [7, 11) is 3.10. The Labute approximate surface area is 181 Å². The molecule has 2 aromatic carbocycles. The summed E-state index contributed by atoms with van der Waals surface area (Å²) >= 11 is 5.15. The molecule has 0 aliphatic heterocycles. The van der Waals surface area contributed by atoms with Crippen LogP contribution in [-0.4, -0.2) is 37.8 Å². The van der Waals surface area contributed by atoms with Gasteiger partial charge in [-0.25, -0.2) is 4.79 Å². The zero-order valence-electron chi connectivity index (χ0n) is 17.1. The molecule has 158 valence electrons. The highest BCUT2D eigenvalue weighted by molar-refractivity contribution is 7.80. The van der Waals surface area contributed by atoms with Gasteiger partial charge in [0.1, 0.15) is 0 Å². The molecule has 0 atom stereocenters. The average Bonchev–Trinajstić information content (AvgIpc) is 2.76. The maximum Gasteiger partial charge on any atom is 0.338 e. The van der Waals surface area contributed by atoms with Gasteiger partial charge >= 0.3 is 5.97 Å². The smallest absolute Gasteiger partial charge is 0.338 e. The molecule has 30 heavy (non-hydrogen) atoms. The van der Waals surface area contributed by atoms with Crippen molar-refractivity contribution < 1.29 is 23.8 Å². The van der Waals surface area contributed by atoms with Crippen LogP contribution in [0.15, 0.2) is 48.5 Å². The molecule has 1 amide bonds. The third-order valence-electron chi connectivity index (χ3n) is 3.89. The predicted molar refractivity (Wildman–Crippen MR) is 120 cm³/mol. The second-order valence-corrected chi connectivity index (χ2v) is 6.51. The molecule has 8 heteroatoms. The summed E-state index contributed by atoms with van der Waals surface area (Å²) in [5.74, 6) is 0.412. The van der Waals surface area contributed by atoms with Crippen molar-refractivity contribution in [2.45, 2.75) is 13.3 Å². The Hall–Kier alpha value is -3.39. The van der Waals surface area contributed by atoms with E-state index in [2.05, 4.69) is 10.6 Å². The minimum atomic E-state index is -0.387. The Balaban J connectivity index is 1.89. The first-order chi connectivity index (χ1) is 14.5. The normalized spacial score (nSPS) is 10.4. The number of hydrogen-bond acceptors (Lipinski definition) is 6. The number of carbonyl (C=O) groups is 2. The summed E-state index contributed by atoms with van der Waals surface area (Å²) in [4.78, 5) is 23.9. The van der Waals surface area contributed by atoms with E-state index in [1.165, 1.54) is 6.08 Å². The van der Waals surface area contributed by atoms with Crippen LogP contribution >= 0.6 is 12.2 Å². The molecule has 0 unspecified atom stereocenters. The van der Waals surface area contributed by atoms with Crippen molar-refractivity contribution in [3.63, 3.8) is 0 Å². The Morgan fingerprint density at radius 2 is 1.73 bits per heavy atom. The van der Waals surface area contributed by atoms with E-state index in [9.17, 15) is 9.59 Å². The number of hydrogen-bond donors (Lipinski definition) is 2. The lowest BCUT2D eigenvalue weighted by Gasteiger charge is -2.09. The molecule has 0 aliphatic carbocycles. The molecule has 7 nitrogen and oxygen atoms in total. The number of amides is 1. The van der Waals surface area contributed by atoms with Crippen molar-refractivity contribution in [2.24, 2.45) is 0 Å². The summed E-state index contributed by atoms with van der Waals surface area (Å²) in [6, 6.07) is 11.9. The summed E-state index contributed by atoms with van der Waals surface area (Å²) in [6.45, 7) is 2.31. The van der Waals surface area contributed by atoms with Gasteiger partial charge in [-0.2, -0.15) is 0 Å². The quantitative estimate of drug-likeness (QED) is 0.376. The molecule has 0 spiro atoms. The maximum atomic E-state index is 12.1. The van der Waals surface area contributed by atoms with Crippen LogP contribution in [0.2, 0.25) is 0 Å². The lowest BCUT2D eigenvalue weighted by Crippen LogP contribution is -2.32. The first-order valence-electron chi connectivity index (χ1n) is 9.26. The molecule has 0 fully saturated rings. The summed E-state index contributed by atoms with van der Waals surface area (Å²) in [5, 5.41) is 5.59. The first-order valence-corrected chi connectivity index (χ1v) is 9.67. The third-order valence-corrected chi connectivity index (χ3v) is 4.09. The monoisotopic (exact) mass is 428 g/mol. The van der Waals surface area contributed by atoms with Crippen molar-refractivity contribution in [1.82, 2.24) is 5.32 Å². The second kappa shape index (κ2) is 11.6. The molecular formula is C22H24N2O5S. The Kier molecular flexibility index (Phi) is 8.83. The van der Waals surface area contributed by atoms with Crippen LogP contribution in [0.3, 0.4) is 0 Å². The lowest BCUT2D eigenvalue weighted by molar-refractivity contribution is -0.115. The van der Waals surface area contributed by atoms with Crippen molar-refractivity contribution in [1.29, 1.82) is 0 Å². The van der Waals surface area contributed by atoms with E-state index < -0.39 is 0 Å². The van der Waals surface area contributed by atoms with E-state index in [0.717, 1.165) is 12.0 Å². The van der Waals surface area contributed by atoms with Crippen LogP contribution in [0.25, 0.3) is 6.08 Å². The van der Waals surface area contributed by atoms with Crippen LogP contribution in [0.4, 0.5) is 5.69 Å². The number of esters is 1. The van der Waals surface area contributed by atoms with Crippen LogP contribution in [0.1, 0.15) is 29.3 Å². The first kappa shape index (κ1) is 22.9. The lowest BCUT2D eigenvalue weighted by atomic mass is 10.2. The summed E-state index contributed by atoms with van der Waals surface area (Å²) < 4.78 is 15.5. The summed E-state index contributed by atoms with van der Waals surface area (Å²) in [6.07, 6.45) is 3.76. The number of ether oxygens (including phenoxy) is 3. The fourth-order valence-electron chi connectivity index (χ4n) is 2.41. The molecule has 0 aliphatic rings. The number of carbonyl (C=O) groups excluding carboxylic acids is 2. The van der Waals surface area contributed by atoms with Crippen LogP contribution < -0.4 is 20.1 Å². The van der Waals surface area contributed by atoms with Gasteiger partial charge in [0, 0.05) is 11.8 Å². The van der Waals surface area contributed by atoms with Crippen LogP contribution in [0.5, 0.6) is 11.5 Å². The Bertz CT molecular complexity index is 926. The molecule has 0 heterocycles. The highest BCUT2D eigenvalue weighted by Crippen LogP contribution is 2.27. The third kappa shape index (κ3) is 6.89. The van der Waals surface area contributed by atoms with Gasteiger partial charge in [-0.15, -0.1) is 0 Å². The molecule has 0 bridgehead atoms. The molecule has 0 saturated carbocycles. The highest BCUT2D eigenvalue weighted by Gasteiger charge is 2.08. The molecule has 0 saturated heterocycles. The fourth-order valence-corrected chi connectivity index (χ4v) is 2.63. The molecule has 0 aromatic heterocycles.